The number of benzene rings is 1. The molecule has 0 unspecified atom stereocenters. The van der Waals surface area contributed by atoms with Crippen molar-refractivity contribution in [3.05, 3.63) is 23.5 Å². The summed E-state index contributed by atoms with van der Waals surface area (Å²) in [5, 5.41) is 9.48. The van der Waals surface area contributed by atoms with Crippen molar-refractivity contribution in [1.29, 1.82) is 0 Å². The summed E-state index contributed by atoms with van der Waals surface area (Å²) in [6, 6.07) is 2.25. The second-order valence-corrected chi connectivity index (χ2v) is 6.50. The zero-order valence-electron chi connectivity index (χ0n) is 10.5. The lowest BCUT2D eigenvalue weighted by Crippen LogP contribution is -2.38. The number of hydrogen-bond acceptors (Lipinski definition) is 4. The van der Waals surface area contributed by atoms with Gasteiger partial charge >= 0.3 is 0 Å². The number of aliphatic hydroxyl groups is 1. The molecule has 0 heterocycles. The molecule has 0 aromatic heterocycles. The Morgan fingerprint density at radius 1 is 1.44 bits per heavy atom. The van der Waals surface area contributed by atoms with E-state index in [1.54, 1.807) is 0 Å². The van der Waals surface area contributed by atoms with E-state index in [9.17, 15) is 17.9 Å². The van der Waals surface area contributed by atoms with Crippen LogP contribution >= 0.6 is 0 Å². The Morgan fingerprint density at radius 3 is 2.50 bits per heavy atom. The second-order valence-electron chi connectivity index (χ2n) is 4.76. The van der Waals surface area contributed by atoms with E-state index in [0.717, 1.165) is 6.07 Å². The number of anilines is 1. The summed E-state index contributed by atoms with van der Waals surface area (Å²) in [4.78, 5) is -0.218. The van der Waals surface area contributed by atoms with Gasteiger partial charge in [0.1, 0.15) is 5.82 Å². The number of nitrogens with two attached hydrogens (primary N) is 1. The fraction of sp³-hybridized carbons (Fsp3) is 0.455. The zero-order valence-corrected chi connectivity index (χ0v) is 11.3. The normalized spacial score (nSPS) is 12.7. The number of halogens is 1. The van der Waals surface area contributed by atoms with Crippen LogP contribution in [0.25, 0.3) is 0 Å². The first-order valence-corrected chi connectivity index (χ1v) is 6.79. The van der Waals surface area contributed by atoms with Gasteiger partial charge in [0.2, 0.25) is 10.0 Å². The van der Waals surface area contributed by atoms with Gasteiger partial charge in [0.15, 0.2) is 0 Å². The van der Waals surface area contributed by atoms with Gasteiger partial charge in [0.05, 0.1) is 10.5 Å². The SMILES string of the molecule is Cc1c(F)cc(N)cc1S(=O)(=O)NCC(C)(C)O. The maximum absolute atomic E-state index is 13.4. The Balaban J connectivity index is 3.13. The molecule has 0 fully saturated rings. The van der Waals surface area contributed by atoms with Crippen molar-refractivity contribution in [2.75, 3.05) is 12.3 Å². The minimum Gasteiger partial charge on any atom is -0.399 e. The second kappa shape index (κ2) is 4.83. The van der Waals surface area contributed by atoms with E-state index in [-0.39, 0.29) is 22.7 Å². The highest BCUT2D eigenvalue weighted by Gasteiger charge is 2.23. The van der Waals surface area contributed by atoms with Crippen LogP contribution in [0.5, 0.6) is 0 Å². The molecular formula is C11H17FN2O3S. The number of nitrogens with one attached hydrogen (secondary N) is 1. The van der Waals surface area contributed by atoms with Crippen LogP contribution in [0.2, 0.25) is 0 Å². The average Bonchev–Trinajstić information content (AvgIpc) is 2.19. The van der Waals surface area contributed by atoms with Crippen molar-refractivity contribution in [1.82, 2.24) is 4.72 Å². The van der Waals surface area contributed by atoms with Gasteiger partial charge in [0, 0.05) is 17.8 Å². The van der Waals surface area contributed by atoms with E-state index in [2.05, 4.69) is 4.72 Å². The third kappa shape index (κ3) is 3.66. The highest BCUT2D eigenvalue weighted by Crippen LogP contribution is 2.21. The lowest BCUT2D eigenvalue weighted by Gasteiger charge is -2.18. The maximum Gasteiger partial charge on any atom is 0.241 e. The molecule has 102 valence electrons. The summed E-state index contributed by atoms with van der Waals surface area (Å²) in [5.74, 6) is -0.682. The van der Waals surface area contributed by atoms with Crippen LogP contribution < -0.4 is 10.5 Å². The third-order valence-corrected chi connectivity index (χ3v) is 3.83. The van der Waals surface area contributed by atoms with Gasteiger partial charge < -0.3 is 10.8 Å². The number of nitrogen functional groups attached to an aromatic ring is 1. The summed E-state index contributed by atoms with van der Waals surface area (Å²) in [6.07, 6.45) is 0. The molecule has 0 radical (unpaired) electrons. The minimum absolute atomic E-state index is 0.00699. The Kier molecular flexibility index (Phi) is 3.99. The molecule has 0 bridgehead atoms. The smallest absolute Gasteiger partial charge is 0.241 e. The van der Waals surface area contributed by atoms with E-state index in [0.29, 0.717) is 0 Å². The Morgan fingerprint density at radius 2 is 2.00 bits per heavy atom. The summed E-state index contributed by atoms with van der Waals surface area (Å²) in [6.45, 7) is 4.10. The maximum atomic E-state index is 13.4. The van der Waals surface area contributed by atoms with Crippen LogP contribution in [-0.4, -0.2) is 25.7 Å². The highest BCUT2D eigenvalue weighted by atomic mass is 32.2. The van der Waals surface area contributed by atoms with E-state index in [4.69, 9.17) is 5.73 Å². The summed E-state index contributed by atoms with van der Waals surface area (Å²) >= 11 is 0. The van der Waals surface area contributed by atoms with E-state index < -0.39 is 21.4 Å². The van der Waals surface area contributed by atoms with Crippen LogP contribution in [0.1, 0.15) is 19.4 Å². The highest BCUT2D eigenvalue weighted by molar-refractivity contribution is 7.89. The standard InChI is InChI=1S/C11H17FN2O3S/c1-7-9(12)4-8(13)5-10(7)18(16,17)14-6-11(2,3)15/h4-5,14-15H,6,13H2,1-3H3. The average molecular weight is 276 g/mol. The topological polar surface area (TPSA) is 92.4 Å². The molecule has 0 amide bonds. The Bertz CT molecular complexity index is 550. The molecule has 0 saturated carbocycles. The summed E-state index contributed by atoms with van der Waals surface area (Å²) in [7, 11) is -3.90. The van der Waals surface area contributed by atoms with Crippen LogP contribution in [0.15, 0.2) is 17.0 Å². The molecule has 0 aliphatic rings. The molecule has 18 heavy (non-hydrogen) atoms. The molecule has 1 aromatic rings. The molecule has 4 N–H and O–H groups in total. The molecule has 0 spiro atoms. The molecule has 1 aromatic carbocycles. The van der Waals surface area contributed by atoms with Crippen molar-refractivity contribution in [3.8, 4) is 0 Å². The molecular weight excluding hydrogens is 259 g/mol. The number of sulfonamides is 1. The fourth-order valence-electron chi connectivity index (χ4n) is 1.30. The van der Waals surface area contributed by atoms with Crippen molar-refractivity contribution >= 4 is 15.7 Å². The van der Waals surface area contributed by atoms with Gasteiger partial charge in [-0.1, -0.05) is 0 Å². The number of rotatable bonds is 4. The van der Waals surface area contributed by atoms with Gasteiger partial charge in [-0.3, -0.25) is 0 Å². The van der Waals surface area contributed by atoms with Crippen LogP contribution in [0, 0.1) is 12.7 Å². The van der Waals surface area contributed by atoms with Gasteiger partial charge in [-0.15, -0.1) is 0 Å². The van der Waals surface area contributed by atoms with Gasteiger partial charge in [0.25, 0.3) is 0 Å². The quantitative estimate of drug-likeness (QED) is 0.708. The van der Waals surface area contributed by atoms with Gasteiger partial charge in [-0.25, -0.2) is 17.5 Å². The van der Waals surface area contributed by atoms with Crippen LogP contribution in [0.3, 0.4) is 0 Å². The van der Waals surface area contributed by atoms with Crippen molar-refractivity contribution in [3.63, 3.8) is 0 Å². The largest absolute Gasteiger partial charge is 0.399 e. The van der Waals surface area contributed by atoms with E-state index in [1.807, 2.05) is 0 Å². The Labute approximate surface area is 106 Å². The zero-order chi connectivity index (χ0) is 14.1. The summed E-state index contributed by atoms with van der Waals surface area (Å²) in [5.41, 5.74) is 4.25. The first-order chi connectivity index (χ1) is 8.03. The molecule has 1 rings (SSSR count). The lowest BCUT2D eigenvalue weighted by atomic mass is 10.1. The lowest BCUT2D eigenvalue weighted by molar-refractivity contribution is 0.0857. The van der Waals surface area contributed by atoms with Crippen LogP contribution in [-0.2, 0) is 10.0 Å². The predicted octanol–water partition coefficient (Wildman–Crippen LogP) is 0.766. The van der Waals surface area contributed by atoms with Gasteiger partial charge in [-0.05, 0) is 32.9 Å². The van der Waals surface area contributed by atoms with Gasteiger partial charge in [-0.2, -0.15) is 0 Å². The molecule has 5 nitrogen and oxygen atoms in total. The molecule has 0 aliphatic heterocycles. The van der Waals surface area contributed by atoms with Crippen LogP contribution in [0.4, 0.5) is 10.1 Å². The monoisotopic (exact) mass is 276 g/mol. The Hall–Kier alpha value is -1.18. The number of hydrogen-bond donors (Lipinski definition) is 3. The van der Waals surface area contributed by atoms with E-state index in [1.165, 1.54) is 26.8 Å². The molecule has 0 atom stereocenters. The van der Waals surface area contributed by atoms with Crippen molar-refractivity contribution < 1.29 is 17.9 Å². The summed E-state index contributed by atoms with van der Waals surface area (Å²) < 4.78 is 39.6. The molecule has 0 saturated heterocycles. The predicted molar refractivity (Wildman–Crippen MR) is 67.0 cm³/mol. The first kappa shape index (κ1) is 14.9. The first-order valence-electron chi connectivity index (χ1n) is 5.30. The molecule has 7 heteroatoms. The third-order valence-electron chi connectivity index (χ3n) is 2.30. The van der Waals surface area contributed by atoms with Crippen molar-refractivity contribution in [2.45, 2.75) is 31.3 Å². The minimum atomic E-state index is -3.90. The molecule has 0 aliphatic carbocycles. The fourth-order valence-corrected chi connectivity index (χ4v) is 2.79. The van der Waals surface area contributed by atoms with Crippen molar-refractivity contribution in [2.24, 2.45) is 0 Å². The van der Waals surface area contributed by atoms with E-state index >= 15 is 0 Å².